The number of nitrogens with zero attached hydrogens (tertiary/aromatic N) is 2. The number of hydrogen-bond acceptors (Lipinski definition) is 3. The smallest absolute Gasteiger partial charge is 0.132 e. The van der Waals surface area contributed by atoms with E-state index >= 15 is 0 Å². The Bertz CT molecular complexity index is 598. The summed E-state index contributed by atoms with van der Waals surface area (Å²) in [5.74, 6) is -0.118. The fourth-order valence-electron chi connectivity index (χ4n) is 2.24. The highest BCUT2D eigenvalue weighted by molar-refractivity contribution is 5.36. The van der Waals surface area contributed by atoms with Crippen LogP contribution in [0.15, 0.2) is 30.5 Å². The number of aliphatic hydroxyl groups is 1. The number of halogens is 1. The van der Waals surface area contributed by atoms with Gasteiger partial charge in [-0.2, -0.15) is 5.10 Å². The number of hydrogen-bond donors (Lipinski definition) is 1. The molecule has 0 radical (unpaired) electrons. The fourth-order valence-corrected chi connectivity index (χ4v) is 2.24. The molecule has 0 amide bonds. The zero-order valence-electron chi connectivity index (χ0n) is 12.6. The molecule has 0 saturated carbocycles. The number of benzene rings is 1. The highest BCUT2D eigenvalue weighted by Crippen LogP contribution is 2.29. The van der Waals surface area contributed by atoms with Crippen LogP contribution in [0.1, 0.15) is 43.7 Å². The van der Waals surface area contributed by atoms with E-state index in [9.17, 15) is 9.50 Å². The second-order valence-electron chi connectivity index (χ2n) is 5.12. The Morgan fingerprint density at radius 1 is 1.38 bits per heavy atom. The van der Waals surface area contributed by atoms with Crippen LogP contribution in [0.25, 0.3) is 0 Å². The van der Waals surface area contributed by atoms with Crippen molar-refractivity contribution in [3.63, 3.8) is 0 Å². The lowest BCUT2D eigenvalue weighted by molar-refractivity contribution is 0.167. The summed E-state index contributed by atoms with van der Waals surface area (Å²) >= 11 is 0. The Morgan fingerprint density at radius 2 is 2.14 bits per heavy atom. The molecule has 2 rings (SSSR count). The molecule has 21 heavy (non-hydrogen) atoms. The van der Waals surface area contributed by atoms with Gasteiger partial charge in [0.1, 0.15) is 11.6 Å². The molecule has 0 aliphatic rings. The van der Waals surface area contributed by atoms with E-state index in [0.717, 1.165) is 12.1 Å². The molecular formula is C16H21FN2O2. The lowest BCUT2D eigenvalue weighted by Crippen LogP contribution is -2.09. The van der Waals surface area contributed by atoms with Crippen molar-refractivity contribution in [1.29, 1.82) is 0 Å². The molecule has 0 bridgehead atoms. The zero-order chi connectivity index (χ0) is 15.4. The van der Waals surface area contributed by atoms with Crippen LogP contribution in [0, 0.1) is 5.82 Å². The Kier molecular flexibility index (Phi) is 4.96. The van der Waals surface area contributed by atoms with Crippen LogP contribution in [-0.2, 0) is 6.42 Å². The molecule has 0 aliphatic carbocycles. The maximum Gasteiger partial charge on any atom is 0.132 e. The first-order valence-electron chi connectivity index (χ1n) is 7.11. The average Bonchev–Trinajstić information content (AvgIpc) is 2.94. The predicted octanol–water partition coefficient (Wildman–Crippen LogP) is 3.28. The molecule has 4 nitrogen and oxygen atoms in total. The van der Waals surface area contributed by atoms with Crippen molar-refractivity contribution in [3.8, 4) is 5.75 Å². The minimum atomic E-state index is -0.985. The van der Waals surface area contributed by atoms with Gasteiger partial charge in [-0.25, -0.2) is 4.39 Å². The molecule has 2 atom stereocenters. The van der Waals surface area contributed by atoms with E-state index in [2.05, 4.69) is 18.9 Å². The van der Waals surface area contributed by atoms with E-state index < -0.39 is 11.9 Å². The molecule has 0 saturated heterocycles. The van der Waals surface area contributed by atoms with Gasteiger partial charge in [0.25, 0.3) is 0 Å². The molecular weight excluding hydrogens is 271 g/mol. The third-order valence-electron chi connectivity index (χ3n) is 3.67. The van der Waals surface area contributed by atoms with Gasteiger partial charge in [0.15, 0.2) is 0 Å². The summed E-state index contributed by atoms with van der Waals surface area (Å²) in [5.41, 5.74) is 0.909. The molecule has 2 unspecified atom stereocenters. The largest absolute Gasteiger partial charge is 0.496 e. The highest BCUT2D eigenvalue weighted by atomic mass is 19.1. The minimum Gasteiger partial charge on any atom is -0.496 e. The Hall–Kier alpha value is -1.88. The fraction of sp³-hybridized carbons (Fsp3) is 0.438. The quantitative estimate of drug-likeness (QED) is 0.889. The normalized spacial score (nSPS) is 14.0. The maximum absolute atomic E-state index is 13.9. The maximum atomic E-state index is 13.9. The molecule has 114 valence electrons. The topological polar surface area (TPSA) is 47.3 Å². The van der Waals surface area contributed by atoms with Gasteiger partial charge in [0.05, 0.1) is 24.5 Å². The van der Waals surface area contributed by atoms with Crippen LogP contribution < -0.4 is 4.74 Å². The van der Waals surface area contributed by atoms with E-state index in [1.807, 2.05) is 16.9 Å². The number of methoxy groups -OCH3 is 1. The number of aliphatic hydroxyl groups excluding tert-OH is 1. The van der Waals surface area contributed by atoms with E-state index in [1.54, 1.807) is 12.1 Å². The SMILES string of the molecule is CCC(C)n1ccc(CC(O)c2c(F)cccc2OC)n1. The van der Waals surface area contributed by atoms with Gasteiger partial charge >= 0.3 is 0 Å². The molecule has 0 spiro atoms. The van der Waals surface area contributed by atoms with E-state index in [-0.39, 0.29) is 12.0 Å². The second-order valence-corrected chi connectivity index (χ2v) is 5.12. The molecule has 1 aromatic carbocycles. The predicted molar refractivity (Wildman–Crippen MR) is 78.8 cm³/mol. The summed E-state index contributed by atoms with van der Waals surface area (Å²) in [4.78, 5) is 0. The van der Waals surface area contributed by atoms with Crippen LogP contribution in [0.4, 0.5) is 4.39 Å². The standard InChI is InChI=1S/C16H21FN2O2/c1-4-11(2)19-9-8-12(18-19)10-14(20)16-13(17)6-5-7-15(16)21-3/h5-9,11,14,20H,4,10H2,1-3H3. The summed E-state index contributed by atoms with van der Waals surface area (Å²) in [5, 5.41) is 14.7. The van der Waals surface area contributed by atoms with Gasteiger partial charge in [-0.3, -0.25) is 4.68 Å². The summed E-state index contributed by atoms with van der Waals surface area (Å²) in [6.07, 6.45) is 2.13. The molecule has 2 aromatic rings. The number of aromatic nitrogens is 2. The average molecular weight is 292 g/mol. The molecule has 0 aliphatic heterocycles. The van der Waals surface area contributed by atoms with Gasteiger partial charge in [-0.15, -0.1) is 0 Å². The van der Waals surface area contributed by atoms with E-state index in [0.29, 0.717) is 11.8 Å². The van der Waals surface area contributed by atoms with Crippen LogP contribution in [0.2, 0.25) is 0 Å². The second kappa shape index (κ2) is 6.72. The van der Waals surface area contributed by atoms with Crippen molar-refractivity contribution in [2.24, 2.45) is 0 Å². The van der Waals surface area contributed by atoms with Crippen molar-refractivity contribution in [3.05, 3.63) is 47.5 Å². The summed E-state index contributed by atoms with van der Waals surface area (Å²) in [7, 11) is 1.46. The highest BCUT2D eigenvalue weighted by Gasteiger charge is 2.19. The Labute approximate surface area is 124 Å². The van der Waals surface area contributed by atoms with E-state index in [1.165, 1.54) is 13.2 Å². The molecule has 1 heterocycles. The summed E-state index contributed by atoms with van der Waals surface area (Å²) < 4.78 is 20.9. The lowest BCUT2D eigenvalue weighted by Gasteiger charge is -2.15. The van der Waals surface area contributed by atoms with Gasteiger partial charge in [0, 0.05) is 18.7 Å². The zero-order valence-corrected chi connectivity index (χ0v) is 12.6. The number of ether oxygens (including phenoxy) is 1. The Morgan fingerprint density at radius 3 is 2.81 bits per heavy atom. The Balaban J connectivity index is 2.18. The van der Waals surface area contributed by atoms with Gasteiger partial charge < -0.3 is 9.84 Å². The summed E-state index contributed by atoms with van der Waals surface area (Å²) in [6.45, 7) is 4.16. The van der Waals surface area contributed by atoms with Crippen molar-refractivity contribution in [2.45, 2.75) is 38.8 Å². The van der Waals surface area contributed by atoms with Crippen LogP contribution >= 0.6 is 0 Å². The van der Waals surface area contributed by atoms with Crippen molar-refractivity contribution >= 4 is 0 Å². The van der Waals surface area contributed by atoms with Crippen molar-refractivity contribution in [2.75, 3.05) is 7.11 Å². The van der Waals surface area contributed by atoms with Crippen molar-refractivity contribution < 1.29 is 14.2 Å². The minimum absolute atomic E-state index is 0.179. The summed E-state index contributed by atoms with van der Waals surface area (Å²) in [6, 6.07) is 6.67. The number of rotatable bonds is 6. The molecule has 1 N–H and O–H groups in total. The first kappa shape index (κ1) is 15.5. The van der Waals surface area contributed by atoms with Gasteiger partial charge in [-0.05, 0) is 31.5 Å². The van der Waals surface area contributed by atoms with Crippen LogP contribution in [0.3, 0.4) is 0 Å². The molecule has 0 fully saturated rings. The third kappa shape index (κ3) is 3.42. The molecule has 5 heteroatoms. The monoisotopic (exact) mass is 292 g/mol. The first-order valence-corrected chi connectivity index (χ1v) is 7.11. The van der Waals surface area contributed by atoms with Crippen molar-refractivity contribution in [1.82, 2.24) is 9.78 Å². The van der Waals surface area contributed by atoms with Crippen LogP contribution in [0.5, 0.6) is 5.75 Å². The van der Waals surface area contributed by atoms with Gasteiger partial charge in [-0.1, -0.05) is 13.0 Å². The third-order valence-corrected chi connectivity index (χ3v) is 3.67. The van der Waals surface area contributed by atoms with Gasteiger partial charge in [0.2, 0.25) is 0 Å². The first-order chi connectivity index (χ1) is 10.1. The molecule has 1 aromatic heterocycles. The lowest BCUT2D eigenvalue weighted by atomic mass is 10.0. The van der Waals surface area contributed by atoms with E-state index in [4.69, 9.17) is 4.74 Å². The van der Waals surface area contributed by atoms with Crippen LogP contribution in [-0.4, -0.2) is 22.0 Å².